The average molecular weight is 430 g/mol. The molecule has 0 aliphatic carbocycles. The predicted octanol–water partition coefficient (Wildman–Crippen LogP) is -0.0174. The molecule has 1 aromatic rings. The number of amides is 1. The quantitative estimate of drug-likeness (QED) is 0.292. The monoisotopic (exact) mass is 430 g/mol. The van der Waals surface area contributed by atoms with E-state index in [0.29, 0.717) is 0 Å². The molecule has 30 heavy (non-hydrogen) atoms. The molecule has 1 saturated heterocycles. The fourth-order valence-corrected chi connectivity index (χ4v) is 3.15. The molecule has 166 valence electrons. The Labute approximate surface area is 172 Å². The molecule has 12 heteroatoms. The van der Waals surface area contributed by atoms with Gasteiger partial charge in [-0.1, -0.05) is 6.07 Å². The summed E-state index contributed by atoms with van der Waals surface area (Å²) in [6.45, 7) is -1.21. The van der Waals surface area contributed by atoms with E-state index in [1.165, 1.54) is 17.0 Å². The summed E-state index contributed by atoms with van der Waals surface area (Å²) in [4.78, 5) is 25.3. The van der Waals surface area contributed by atoms with Gasteiger partial charge in [0.05, 0.1) is 25.8 Å². The van der Waals surface area contributed by atoms with Crippen molar-refractivity contribution in [3.63, 3.8) is 0 Å². The molecular weight excluding hydrogens is 405 g/mol. The number of aromatic hydroxyl groups is 1. The lowest BCUT2D eigenvalue weighted by molar-refractivity contribution is -0.142. The number of ether oxygens (including phenoxy) is 1. The van der Waals surface area contributed by atoms with E-state index in [4.69, 9.17) is 14.8 Å². The second-order valence-corrected chi connectivity index (χ2v) is 6.93. The molecule has 0 spiro atoms. The van der Waals surface area contributed by atoms with Gasteiger partial charge in [0.1, 0.15) is 29.8 Å². The van der Waals surface area contributed by atoms with Crippen LogP contribution in [0.25, 0.3) is 0 Å². The number of nitrogens with zero attached hydrogens (tertiary/aromatic N) is 1. The molecule has 0 radical (unpaired) electrons. The first-order valence-corrected chi connectivity index (χ1v) is 9.53. The molecule has 1 aliphatic rings. The number of benzene rings is 1. The van der Waals surface area contributed by atoms with E-state index in [9.17, 15) is 28.6 Å². The first-order chi connectivity index (χ1) is 14.3. The smallest absolute Gasteiger partial charge is 0.451 e. The number of rotatable bonds is 12. The Balaban J connectivity index is 2.01. The van der Waals surface area contributed by atoms with Gasteiger partial charge in [0, 0.05) is 6.54 Å². The van der Waals surface area contributed by atoms with Gasteiger partial charge >= 0.3 is 13.1 Å². The number of alkyl halides is 2. The number of carbonyl (C=O) groups excluding carboxylic acids is 1. The molecule has 1 aromatic carbocycles. The summed E-state index contributed by atoms with van der Waals surface area (Å²) >= 11 is 0. The molecular formula is C18H25BF2N2O7. The Morgan fingerprint density at radius 2 is 1.97 bits per heavy atom. The SMILES string of the molecule is O=C(O)c1c(OC2CN(C(=O)[C@H](CCF)NCCF)C2)ccc(CCB(O)O)c1O. The van der Waals surface area contributed by atoms with Crippen LogP contribution in [0.4, 0.5) is 8.78 Å². The second kappa shape index (κ2) is 11.1. The van der Waals surface area contributed by atoms with Gasteiger partial charge in [0.15, 0.2) is 0 Å². The van der Waals surface area contributed by atoms with Crippen LogP contribution in [0, 0.1) is 0 Å². The van der Waals surface area contributed by atoms with Gasteiger partial charge < -0.3 is 35.2 Å². The number of halogens is 2. The number of phenols is 1. The molecule has 5 N–H and O–H groups in total. The maximum Gasteiger partial charge on any atom is 0.451 e. The number of likely N-dealkylation sites (tertiary alicyclic amines) is 1. The summed E-state index contributed by atoms with van der Waals surface area (Å²) < 4.78 is 30.6. The van der Waals surface area contributed by atoms with Gasteiger partial charge in [-0.3, -0.25) is 9.18 Å². The summed E-state index contributed by atoms with van der Waals surface area (Å²) in [5.74, 6) is -2.41. The molecule has 0 aromatic heterocycles. The highest BCUT2D eigenvalue weighted by atomic mass is 19.1. The molecule has 2 rings (SSSR count). The Morgan fingerprint density at radius 1 is 1.27 bits per heavy atom. The zero-order valence-electron chi connectivity index (χ0n) is 16.3. The van der Waals surface area contributed by atoms with E-state index in [0.717, 1.165) is 0 Å². The first-order valence-electron chi connectivity index (χ1n) is 9.53. The Hall–Kier alpha value is -2.44. The Morgan fingerprint density at radius 3 is 2.53 bits per heavy atom. The lowest BCUT2D eigenvalue weighted by Crippen LogP contribution is -2.60. The number of hydrogen-bond acceptors (Lipinski definition) is 7. The third kappa shape index (κ3) is 6.03. The molecule has 0 unspecified atom stereocenters. The zero-order valence-corrected chi connectivity index (χ0v) is 16.3. The van der Waals surface area contributed by atoms with Crippen molar-refractivity contribution in [3.05, 3.63) is 23.3 Å². The highest BCUT2D eigenvalue weighted by Crippen LogP contribution is 2.34. The van der Waals surface area contributed by atoms with Crippen LogP contribution in [-0.2, 0) is 11.2 Å². The van der Waals surface area contributed by atoms with Crippen molar-refractivity contribution >= 4 is 19.0 Å². The number of carboxylic acids is 1. The molecule has 9 nitrogen and oxygen atoms in total. The topological polar surface area (TPSA) is 140 Å². The fourth-order valence-electron chi connectivity index (χ4n) is 3.15. The van der Waals surface area contributed by atoms with Crippen molar-refractivity contribution in [2.75, 3.05) is 33.0 Å². The van der Waals surface area contributed by atoms with E-state index in [1.807, 2.05) is 0 Å². The van der Waals surface area contributed by atoms with E-state index in [1.54, 1.807) is 0 Å². The van der Waals surface area contributed by atoms with Crippen molar-refractivity contribution in [1.29, 1.82) is 0 Å². The third-order valence-corrected chi connectivity index (χ3v) is 4.74. The van der Waals surface area contributed by atoms with E-state index in [-0.39, 0.29) is 56.0 Å². The van der Waals surface area contributed by atoms with Crippen LogP contribution in [0.2, 0.25) is 6.32 Å². The van der Waals surface area contributed by atoms with Crippen LogP contribution < -0.4 is 10.1 Å². The molecule has 1 fully saturated rings. The summed E-state index contributed by atoms with van der Waals surface area (Å²) in [6, 6.07) is 1.95. The largest absolute Gasteiger partial charge is 0.507 e. The normalized spacial score (nSPS) is 14.9. The molecule has 1 atom stereocenters. The highest BCUT2D eigenvalue weighted by Gasteiger charge is 2.36. The van der Waals surface area contributed by atoms with Gasteiger partial charge in [0.25, 0.3) is 0 Å². The second-order valence-electron chi connectivity index (χ2n) is 6.93. The Bertz CT molecular complexity index is 747. The minimum Gasteiger partial charge on any atom is -0.507 e. The van der Waals surface area contributed by atoms with Crippen LogP contribution in [0.1, 0.15) is 22.3 Å². The van der Waals surface area contributed by atoms with Crippen molar-refractivity contribution in [3.8, 4) is 11.5 Å². The van der Waals surface area contributed by atoms with Crippen molar-refractivity contribution in [2.24, 2.45) is 0 Å². The van der Waals surface area contributed by atoms with Crippen molar-refractivity contribution in [1.82, 2.24) is 10.2 Å². The van der Waals surface area contributed by atoms with Gasteiger partial charge in [-0.2, -0.15) is 0 Å². The van der Waals surface area contributed by atoms with Crippen LogP contribution in [-0.4, -0.2) is 89.3 Å². The number of aryl methyl sites for hydroxylation is 1. The number of carboxylic acid groups (broad SMARTS) is 1. The van der Waals surface area contributed by atoms with E-state index in [2.05, 4.69) is 5.32 Å². The summed E-state index contributed by atoms with van der Waals surface area (Å²) in [6.07, 6.45) is -0.633. The number of carbonyl (C=O) groups is 2. The maximum absolute atomic E-state index is 12.6. The lowest BCUT2D eigenvalue weighted by atomic mass is 9.82. The molecule has 0 bridgehead atoms. The maximum atomic E-state index is 12.6. The van der Waals surface area contributed by atoms with Crippen LogP contribution >= 0.6 is 0 Å². The van der Waals surface area contributed by atoms with Gasteiger partial charge in [-0.25, -0.2) is 9.18 Å². The average Bonchev–Trinajstić information content (AvgIpc) is 2.65. The van der Waals surface area contributed by atoms with Gasteiger partial charge in [0.2, 0.25) is 5.91 Å². The molecule has 1 amide bonds. The number of hydrogen-bond donors (Lipinski definition) is 5. The molecule has 1 aliphatic heterocycles. The van der Waals surface area contributed by atoms with Crippen molar-refractivity contribution < 1.29 is 43.4 Å². The molecule has 0 saturated carbocycles. The molecule has 1 heterocycles. The van der Waals surface area contributed by atoms with Crippen LogP contribution in [0.3, 0.4) is 0 Å². The van der Waals surface area contributed by atoms with Gasteiger partial charge in [-0.05, 0) is 30.8 Å². The van der Waals surface area contributed by atoms with Crippen molar-refractivity contribution in [2.45, 2.75) is 31.3 Å². The zero-order chi connectivity index (χ0) is 22.3. The van der Waals surface area contributed by atoms with E-state index >= 15 is 0 Å². The number of nitrogens with one attached hydrogen (secondary N) is 1. The standard InChI is InChI=1S/C18H25BF2N2O7/c20-6-4-13(22-8-7-21)17(25)23-9-12(10-23)30-14-2-1-11(3-5-19(28)29)16(24)15(14)18(26)27/h1-2,12-13,22,24,28-29H,3-10H2,(H,26,27)/t13-/m0/s1. The Kier molecular flexibility index (Phi) is 8.81. The predicted molar refractivity (Wildman–Crippen MR) is 103 cm³/mol. The minimum atomic E-state index is -1.59. The highest BCUT2D eigenvalue weighted by molar-refractivity contribution is 6.41. The lowest BCUT2D eigenvalue weighted by Gasteiger charge is -2.41. The summed E-state index contributed by atoms with van der Waals surface area (Å²) in [5, 5.41) is 40.2. The fraction of sp³-hybridized carbons (Fsp3) is 0.556. The van der Waals surface area contributed by atoms with Crippen LogP contribution in [0.15, 0.2) is 12.1 Å². The van der Waals surface area contributed by atoms with E-state index < -0.39 is 49.9 Å². The summed E-state index contributed by atoms with van der Waals surface area (Å²) in [7, 11) is -1.59. The number of aromatic carboxylic acids is 1. The van der Waals surface area contributed by atoms with Gasteiger partial charge in [-0.15, -0.1) is 0 Å². The summed E-state index contributed by atoms with van der Waals surface area (Å²) in [5.41, 5.74) is -0.226. The minimum absolute atomic E-state index is 0.0532. The first kappa shape index (κ1) is 23.8. The van der Waals surface area contributed by atoms with Crippen LogP contribution in [0.5, 0.6) is 11.5 Å². The third-order valence-electron chi connectivity index (χ3n) is 4.74.